The van der Waals surface area contributed by atoms with Gasteiger partial charge < -0.3 is 35.6 Å². The van der Waals surface area contributed by atoms with Crippen LogP contribution in [0.4, 0.5) is 30.6 Å². The molecule has 4 rings (SSSR count). The molecule has 45 heavy (non-hydrogen) atoms. The first kappa shape index (κ1) is 33.9. The van der Waals surface area contributed by atoms with Gasteiger partial charge in [-0.1, -0.05) is 11.6 Å². The SMILES string of the molecule is CNC(=O)C1=C(Nc2nc(NC3(P(=O)(O)O)CC=C(C)C=C3OC)ncc2C(F)(F)F)C=CC[N+]1(CCCCO)c1cn[nH]c1. The number of halogens is 3. The van der Waals surface area contributed by atoms with E-state index in [-0.39, 0.29) is 41.2 Å². The first-order chi connectivity index (χ1) is 21.2. The number of methoxy groups -OCH3 is 1. The Morgan fingerprint density at radius 1 is 1.27 bits per heavy atom. The van der Waals surface area contributed by atoms with Crippen LogP contribution in [0.3, 0.4) is 0 Å². The van der Waals surface area contributed by atoms with Crippen molar-refractivity contribution in [3.63, 3.8) is 0 Å². The van der Waals surface area contributed by atoms with Crippen LogP contribution in [0.25, 0.3) is 0 Å². The third-order valence-electron chi connectivity index (χ3n) is 7.62. The number of aliphatic hydroxyl groups excluding tert-OH is 1. The highest BCUT2D eigenvalue weighted by atomic mass is 31.2. The maximum Gasteiger partial charge on any atom is 0.421 e. The molecule has 2 atom stereocenters. The van der Waals surface area contributed by atoms with Crippen molar-refractivity contribution in [1.82, 2.24) is 30.0 Å². The number of allylic oxidation sites excluding steroid dienone is 3. The molecule has 0 spiro atoms. The summed E-state index contributed by atoms with van der Waals surface area (Å²) < 4.78 is 60.7. The molecule has 7 N–H and O–H groups in total. The van der Waals surface area contributed by atoms with Gasteiger partial charge in [0.2, 0.25) is 16.9 Å². The second-order valence-corrected chi connectivity index (χ2v) is 12.3. The Hall–Kier alpha value is -4.02. The van der Waals surface area contributed by atoms with Crippen molar-refractivity contribution in [1.29, 1.82) is 0 Å². The normalized spacial score (nSPS) is 22.1. The largest absolute Gasteiger partial charge is 0.498 e. The van der Waals surface area contributed by atoms with Crippen molar-refractivity contribution < 1.29 is 42.2 Å². The fourth-order valence-electron chi connectivity index (χ4n) is 5.35. The number of anilines is 2. The summed E-state index contributed by atoms with van der Waals surface area (Å²) in [6, 6.07) is 0. The van der Waals surface area contributed by atoms with Crippen molar-refractivity contribution in [2.75, 3.05) is 44.5 Å². The molecular formula is C27H35F3N8O6P+. The average Bonchev–Trinajstić information content (AvgIpc) is 3.53. The van der Waals surface area contributed by atoms with E-state index in [0.29, 0.717) is 36.8 Å². The smallest absolute Gasteiger partial charge is 0.421 e. The molecule has 0 saturated carbocycles. The minimum Gasteiger partial charge on any atom is -0.498 e. The van der Waals surface area contributed by atoms with Gasteiger partial charge in [-0.05, 0) is 38.0 Å². The van der Waals surface area contributed by atoms with Crippen LogP contribution in [0.5, 0.6) is 0 Å². The van der Waals surface area contributed by atoms with E-state index in [1.807, 2.05) is 0 Å². The Kier molecular flexibility index (Phi) is 9.89. The van der Waals surface area contributed by atoms with Gasteiger partial charge in [0.05, 0.1) is 19.9 Å². The first-order valence-corrected chi connectivity index (χ1v) is 15.4. The number of H-pyrrole nitrogens is 1. The number of ether oxygens (including phenoxy) is 1. The number of hydrogen-bond acceptors (Lipinski definition) is 9. The van der Waals surface area contributed by atoms with E-state index in [9.17, 15) is 37.4 Å². The summed E-state index contributed by atoms with van der Waals surface area (Å²) in [6.07, 6.45) is 5.30. The van der Waals surface area contributed by atoms with E-state index in [1.165, 1.54) is 38.6 Å². The van der Waals surface area contributed by atoms with Crippen molar-refractivity contribution in [2.24, 2.45) is 0 Å². The van der Waals surface area contributed by atoms with Crippen LogP contribution in [0, 0.1) is 0 Å². The van der Waals surface area contributed by atoms with E-state index in [0.717, 1.165) is 0 Å². The van der Waals surface area contributed by atoms with Gasteiger partial charge in [-0.15, -0.1) is 0 Å². The van der Waals surface area contributed by atoms with Gasteiger partial charge in [-0.2, -0.15) is 23.3 Å². The van der Waals surface area contributed by atoms with Gasteiger partial charge >= 0.3 is 19.7 Å². The van der Waals surface area contributed by atoms with E-state index in [2.05, 4.69) is 36.1 Å². The number of rotatable bonds is 12. The number of aromatic nitrogens is 4. The molecule has 0 aromatic carbocycles. The van der Waals surface area contributed by atoms with E-state index >= 15 is 0 Å². The van der Waals surface area contributed by atoms with Gasteiger partial charge in [-0.25, -0.2) is 9.47 Å². The molecule has 2 aromatic rings. The quantitative estimate of drug-likeness (QED) is 0.101. The number of amides is 1. The molecule has 2 aromatic heterocycles. The van der Waals surface area contributed by atoms with E-state index < -0.39 is 42.3 Å². The minimum absolute atomic E-state index is 0.0145. The van der Waals surface area contributed by atoms with E-state index in [1.54, 1.807) is 19.2 Å². The lowest BCUT2D eigenvalue weighted by molar-refractivity contribution is -0.137. The topological polar surface area (TPSA) is 195 Å². The first-order valence-electron chi connectivity index (χ1n) is 13.8. The van der Waals surface area contributed by atoms with Gasteiger partial charge in [0.15, 0.2) is 5.69 Å². The third-order valence-corrected chi connectivity index (χ3v) is 9.13. The Labute approximate surface area is 256 Å². The fraction of sp³-hybridized carbons (Fsp3) is 0.407. The Balaban J connectivity index is 1.88. The Morgan fingerprint density at radius 3 is 2.62 bits per heavy atom. The van der Waals surface area contributed by atoms with Crippen molar-refractivity contribution in [3.05, 3.63) is 71.2 Å². The Morgan fingerprint density at radius 2 is 2.02 bits per heavy atom. The second kappa shape index (κ2) is 13.1. The summed E-state index contributed by atoms with van der Waals surface area (Å²) in [5.74, 6) is -2.05. The number of alkyl halides is 3. The molecular weight excluding hydrogens is 620 g/mol. The molecule has 3 heterocycles. The standard InChI is InChI=1S/C27H34F3N8O6P/c1-17-8-9-26(45(41,42)43,21(13-17)44-3)37-25-32-16-19(27(28,29)30)23(36-25)35-20-7-6-11-38(10-4-5-12-39,18-14-33-34-15-18)22(20)24(40)31-2/h6-8,13-16,39H,4-5,9-12H2,1-3H3,(H5-,31,32,33,34,35,36,37,40,41,42,43)/p+1. The van der Waals surface area contributed by atoms with Crippen LogP contribution in [0.15, 0.2) is 65.6 Å². The highest BCUT2D eigenvalue weighted by molar-refractivity contribution is 7.54. The number of carbonyl (C=O) groups is 1. The highest BCUT2D eigenvalue weighted by Crippen LogP contribution is 2.58. The maximum atomic E-state index is 14.3. The summed E-state index contributed by atoms with van der Waals surface area (Å²) in [6.45, 7) is 2.15. The number of aromatic amines is 1. The van der Waals surface area contributed by atoms with Gasteiger partial charge in [0.1, 0.15) is 35.6 Å². The molecule has 0 fully saturated rings. The van der Waals surface area contributed by atoms with Gasteiger partial charge in [-0.3, -0.25) is 14.5 Å². The number of nitrogens with one attached hydrogen (secondary N) is 4. The average molecular weight is 656 g/mol. The van der Waals surface area contributed by atoms with Crippen LogP contribution < -0.4 is 20.4 Å². The van der Waals surface area contributed by atoms with Crippen LogP contribution >= 0.6 is 7.60 Å². The number of unbranched alkanes of at least 4 members (excludes halogenated alkanes) is 1. The minimum atomic E-state index is -5.09. The zero-order valence-corrected chi connectivity index (χ0v) is 25.6. The van der Waals surface area contributed by atoms with Crippen molar-refractivity contribution in [2.45, 2.75) is 37.6 Å². The number of likely N-dealkylation sites (N-methyl/N-ethyl adjacent to an activating group) is 1. The highest BCUT2D eigenvalue weighted by Gasteiger charge is 2.53. The molecule has 1 aliphatic heterocycles. The molecule has 0 bridgehead atoms. The van der Waals surface area contributed by atoms with Crippen LogP contribution in [-0.4, -0.2) is 80.1 Å². The fourth-order valence-corrected chi connectivity index (χ4v) is 6.37. The van der Waals surface area contributed by atoms with Crippen LogP contribution in [0.1, 0.15) is 31.7 Å². The number of carbonyl (C=O) groups excluding carboxylic acids is 1. The number of quaternary nitrogens is 1. The molecule has 2 aliphatic rings. The maximum absolute atomic E-state index is 14.3. The molecule has 1 aliphatic carbocycles. The molecule has 0 radical (unpaired) electrons. The van der Waals surface area contributed by atoms with Crippen molar-refractivity contribution in [3.8, 4) is 0 Å². The molecule has 0 saturated heterocycles. The molecule has 18 heteroatoms. The monoisotopic (exact) mass is 655 g/mol. The zero-order chi connectivity index (χ0) is 33.0. The number of aliphatic hydroxyl groups is 1. The van der Waals surface area contributed by atoms with Crippen LogP contribution in [-0.2, 0) is 20.3 Å². The van der Waals surface area contributed by atoms with Crippen molar-refractivity contribution >= 4 is 31.0 Å². The second-order valence-electron chi connectivity index (χ2n) is 10.5. The predicted molar refractivity (Wildman–Crippen MR) is 159 cm³/mol. The zero-order valence-electron chi connectivity index (χ0n) is 24.7. The lowest BCUT2D eigenvalue weighted by atomic mass is 10.0. The Bertz CT molecular complexity index is 1590. The number of hydrogen-bond donors (Lipinski definition) is 7. The number of nitrogens with zero attached hydrogens (tertiary/aromatic N) is 4. The summed E-state index contributed by atoms with van der Waals surface area (Å²) in [4.78, 5) is 42.0. The summed E-state index contributed by atoms with van der Waals surface area (Å²) in [5.41, 5.74) is -0.0301. The lowest BCUT2D eigenvalue weighted by Gasteiger charge is -2.39. The summed E-state index contributed by atoms with van der Waals surface area (Å²) in [5, 5.41) is 21.7. The molecule has 2 unspecified atom stereocenters. The van der Waals surface area contributed by atoms with Crippen LogP contribution in [0.2, 0.25) is 0 Å². The summed E-state index contributed by atoms with van der Waals surface area (Å²) in [7, 11) is -2.49. The molecule has 1 amide bonds. The van der Waals surface area contributed by atoms with E-state index in [4.69, 9.17) is 4.74 Å². The molecule has 244 valence electrons. The molecule has 14 nitrogen and oxygen atoms in total. The third kappa shape index (κ3) is 6.67. The van der Waals surface area contributed by atoms with Gasteiger partial charge in [0, 0.05) is 26.3 Å². The van der Waals surface area contributed by atoms with Gasteiger partial charge in [0.25, 0.3) is 0 Å². The summed E-state index contributed by atoms with van der Waals surface area (Å²) >= 11 is 0. The predicted octanol–water partition coefficient (Wildman–Crippen LogP) is 3.10. The lowest BCUT2D eigenvalue weighted by Crippen LogP contribution is -2.55.